The van der Waals surface area contributed by atoms with E-state index in [4.69, 9.17) is 4.74 Å². The molecule has 1 aromatic carbocycles. The Kier molecular flexibility index (Phi) is 10.3. The van der Waals surface area contributed by atoms with Crippen molar-refractivity contribution >= 4 is 23.6 Å². The minimum Gasteiger partial charge on any atom is -0.491 e. The Bertz CT molecular complexity index is 875. The molecule has 11 heteroatoms. The summed E-state index contributed by atoms with van der Waals surface area (Å²) in [5, 5.41) is 17.9. The second kappa shape index (κ2) is 12.9. The number of carbonyl (C=O) groups is 4. The summed E-state index contributed by atoms with van der Waals surface area (Å²) < 4.78 is 5.73. The summed E-state index contributed by atoms with van der Waals surface area (Å²) in [6.45, 7) is 2.77. The number of nitrogens with zero attached hydrogens (tertiary/aromatic N) is 2. The van der Waals surface area contributed by atoms with Crippen LogP contribution in [0.25, 0.3) is 0 Å². The number of amides is 4. The van der Waals surface area contributed by atoms with Crippen molar-refractivity contribution < 1.29 is 29.0 Å². The number of rotatable bonds is 6. The van der Waals surface area contributed by atoms with E-state index in [1.165, 1.54) is 18.9 Å². The van der Waals surface area contributed by atoms with Crippen molar-refractivity contribution in [3.63, 3.8) is 0 Å². The van der Waals surface area contributed by atoms with E-state index in [2.05, 4.69) is 16.0 Å². The smallest absolute Gasteiger partial charge is 0.255 e. The zero-order valence-electron chi connectivity index (χ0n) is 20.2. The Balaban J connectivity index is 2.29. The molecule has 0 aromatic heterocycles. The van der Waals surface area contributed by atoms with E-state index >= 15 is 0 Å². The monoisotopic (exact) mass is 477 g/mol. The van der Waals surface area contributed by atoms with Crippen molar-refractivity contribution in [2.24, 2.45) is 0 Å². The summed E-state index contributed by atoms with van der Waals surface area (Å²) in [4.78, 5) is 54.7. The van der Waals surface area contributed by atoms with E-state index in [-0.39, 0.29) is 18.7 Å². The number of fused-ring (bicyclic) bond motifs is 1. The Labute approximate surface area is 199 Å². The summed E-state index contributed by atoms with van der Waals surface area (Å²) in [7, 11) is 5.36. The normalized spacial score (nSPS) is 21.0. The molecule has 0 spiro atoms. The fourth-order valence-corrected chi connectivity index (χ4v) is 3.40. The molecule has 0 unspecified atom stereocenters. The van der Waals surface area contributed by atoms with Crippen LogP contribution in [0.3, 0.4) is 0 Å². The molecule has 1 heterocycles. The third kappa shape index (κ3) is 7.99. The summed E-state index contributed by atoms with van der Waals surface area (Å²) in [6.07, 6.45) is -0.886. The van der Waals surface area contributed by atoms with Gasteiger partial charge in [-0.2, -0.15) is 0 Å². The van der Waals surface area contributed by atoms with Crippen LogP contribution >= 0.6 is 0 Å². The molecule has 0 saturated heterocycles. The molecular weight excluding hydrogens is 442 g/mol. The summed E-state index contributed by atoms with van der Waals surface area (Å²) in [6, 6.07) is 4.15. The van der Waals surface area contributed by atoms with Gasteiger partial charge in [0, 0.05) is 13.6 Å². The molecule has 188 valence electrons. The van der Waals surface area contributed by atoms with Gasteiger partial charge in [-0.15, -0.1) is 0 Å². The largest absolute Gasteiger partial charge is 0.491 e. The van der Waals surface area contributed by atoms with Gasteiger partial charge in [0.05, 0.1) is 24.6 Å². The summed E-state index contributed by atoms with van der Waals surface area (Å²) in [5.41, 5.74) is 0.209. The number of hydrogen-bond acceptors (Lipinski definition) is 7. The lowest BCUT2D eigenvalue weighted by molar-refractivity contribution is -0.139. The maximum absolute atomic E-state index is 13.0. The number of hydrogen-bond donors (Lipinski definition) is 4. The Hall–Kier alpha value is -3.18. The lowest BCUT2D eigenvalue weighted by Gasteiger charge is -2.28. The van der Waals surface area contributed by atoms with Gasteiger partial charge in [-0.05, 0) is 46.1 Å². The zero-order chi connectivity index (χ0) is 25.3. The van der Waals surface area contributed by atoms with Crippen LogP contribution in [0, 0.1) is 0 Å². The lowest BCUT2D eigenvalue weighted by Crippen LogP contribution is -2.55. The predicted molar refractivity (Wildman–Crippen MR) is 125 cm³/mol. The molecule has 0 bridgehead atoms. The second-order valence-electron chi connectivity index (χ2n) is 8.57. The SMILES string of the molecule is C[C@@H](O)[C@@H]1NC(=O)C[C@@H](C(=O)NCCCN(C)C)NC(=O)c2ccccc2OCCN(C)C1=O. The van der Waals surface area contributed by atoms with Crippen LogP contribution in [0.5, 0.6) is 5.75 Å². The van der Waals surface area contributed by atoms with Crippen molar-refractivity contribution in [3.05, 3.63) is 29.8 Å². The number of carbonyl (C=O) groups excluding carboxylic acids is 4. The summed E-state index contributed by atoms with van der Waals surface area (Å²) in [5.74, 6) is -1.94. The van der Waals surface area contributed by atoms with Gasteiger partial charge in [-0.25, -0.2) is 0 Å². The van der Waals surface area contributed by atoms with Crippen LogP contribution in [0.2, 0.25) is 0 Å². The molecule has 3 atom stereocenters. The van der Waals surface area contributed by atoms with Gasteiger partial charge >= 0.3 is 0 Å². The number of ether oxygens (including phenoxy) is 1. The highest BCUT2D eigenvalue weighted by Crippen LogP contribution is 2.18. The number of para-hydroxylation sites is 1. The van der Waals surface area contributed by atoms with Crippen LogP contribution in [0.1, 0.15) is 30.1 Å². The quantitative estimate of drug-likeness (QED) is 0.384. The van der Waals surface area contributed by atoms with Crippen molar-refractivity contribution in [1.29, 1.82) is 0 Å². The number of likely N-dealkylation sites (N-methyl/N-ethyl adjacent to an activating group) is 1. The van der Waals surface area contributed by atoms with Gasteiger partial charge in [0.1, 0.15) is 24.4 Å². The van der Waals surface area contributed by atoms with E-state index in [0.717, 1.165) is 6.54 Å². The molecule has 4 N–H and O–H groups in total. The van der Waals surface area contributed by atoms with E-state index in [0.29, 0.717) is 18.7 Å². The third-order valence-electron chi connectivity index (χ3n) is 5.35. The molecule has 1 aliphatic heterocycles. The van der Waals surface area contributed by atoms with Crippen molar-refractivity contribution in [2.45, 2.75) is 38.0 Å². The van der Waals surface area contributed by atoms with Crippen molar-refractivity contribution in [1.82, 2.24) is 25.8 Å². The standard InChI is InChI=1S/C23H35N5O6/c1-15(29)20-23(33)28(4)12-13-34-18-9-6-5-8-16(18)21(31)25-17(14-19(30)26-20)22(32)24-10-7-11-27(2)3/h5-6,8-9,15,17,20,29H,7,10-14H2,1-4H3,(H,24,32)(H,25,31)(H,26,30)/t15-,17+,20+/m1/s1. The Morgan fingerprint density at radius 1 is 1.26 bits per heavy atom. The van der Waals surface area contributed by atoms with Crippen LogP contribution in [0.15, 0.2) is 24.3 Å². The molecule has 1 aromatic rings. The van der Waals surface area contributed by atoms with Gasteiger partial charge in [0.2, 0.25) is 17.7 Å². The first-order chi connectivity index (χ1) is 16.1. The van der Waals surface area contributed by atoms with E-state index in [1.807, 2.05) is 19.0 Å². The first-order valence-electron chi connectivity index (χ1n) is 11.3. The predicted octanol–water partition coefficient (Wildman–Crippen LogP) is -1.04. The average Bonchev–Trinajstić information content (AvgIpc) is 2.78. The Morgan fingerprint density at radius 2 is 1.97 bits per heavy atom. The number of benzene rings is 1. The van der Waals surface area contributed by atoms with E-state index in [1.54, 1.807) is 24.3 Å². The highest BCUT2D eigenvalue weighted by Gasteiger charge is 2.31. The van der Waals surface area contributed by atoms with Crippen LogP contribution in [-0.2, 0) is 14.4 Å². The van der Waals surface area contributed by atoms with E-state index in [9.17, 15) is 24.3 Å². The average molecular weight is 478 g/mol. The Morgan fingerprint density at radius 3 is 2.65 bits per heavy atom. The number of nitrogens with one attached hydrogen (secondary N) is 3. The number of aliphatic hydroxyl groups excluding tert-OH is 1. The minimum atomic E-state index is -1.20. The van der Waals surface area contributed by atoms with Crippen LogP contribution in [0.4, 0.5) is 0 Å². The van der Waals surface area contributed by atoms with Crippen LogP contribution in [-0.4, -0.2) is 104 Å². The van der Waals surface area contributed by atoms with Crippen LogP contribution < -0.4 is 20.7 Å². The fraction of sp³-hybridized carbons (Fsp3) is 0.565. The van der Waals surface area contributed by atoms with Gasteiger partial charge < -0.3 is 35.6 Å². The first-order valence-corrected chi connectivity index (χ1v) is 11.3. The highest BCUT2D eigenvalue weighted by molar-refractivity contribution is 6.01. The molecule has 0 radical (unpaired) electrons. The third-order valence-corrected chi connectivity index (χ3v) is 5.35. The maximum atomic E-state index is 13.0. The van der Waals surface area contributed by atoms with E-state index < -0.39 is 48.2 Å². The van der Waals surface area contributed by atoms with Crippen molar-refractivity contribution in [2.75, 3.05) is 47.4 Å². The van der Waals surface area contributed by atoms with Crippen molar-refractivity contribution in [3.8, 4) is 5.75 Å². The lowest BCUT2D eigenvalue weighted by atomic mass is 10.1. The first kappa shape index (κ1) is 27.1. The molecule has 1 aliphatic rings. The molecule has 0 saturated carbocycles. The summed E-state index contributed by atoms with van der Waals surface area (Å²) >= 11 is 0. The molecule has 0 aliphatic carbocycles. The molecule has 4 amide bonds. The maximum Gasteiger partial charge on any atom is 0.255 e. The zero-order valence-corrected chi connectivity index (χ0v) is 20.2. The molecule has 11 nitrogen and oxygen atoms in total. The van der Waals surface area contributed by atoms with Gasteiger partial charge in [0.25, 0.3) is 5.91 Å². The molecule has 0 fully saturated rings. The molecule has 2 rings (SSSR count). The topological polar surface area (TPSA) is 140 Å². The molecule has 34 heavy (non-hydrogen) atoms. The second-order valence-corrected chi connectivity index (χ2v) is 8.57. The number of aliphatic hydroxyl groups is 1. The van der Waals surface area contributed by atoms with Gasteiger partial charge in [-0.1, -0.05) is 12.1 Å². The molecular formula is C23H35N5O6. The van der Waals surface area contributed by atoms with Gasteiger partial charge in [-0.3, -0.25) is 19.2 Å². The van der Waals surface area contributed by atoms with Gasteiger partial charge in [0.15, 0.2) is 0 Å². The minimum absolute atomic E-state index is 0.0861. The fourth-order valence-electron chi connectivity index (χ4n) is 3.40. The highest BCUT2D eigenvalue weighted by atomic mass is 16.5.